The van der Waals surface area contributed by atoms with Crippen molar-refractivity contribution in [1.29, 1.82) is 0 Å². The minimum Gasteiger partial charge on any atom is -0.507 e. The third-order valence-electron chi connectivity index (χ3n) is 6.08. The first-order valence-electron chi connectivity index (χ1n) is 11.1. The van der Waals surface area contributed by atoms with Gasteiger partial charge in [0.15, 0.2) is 11.6 Å². The number of Topliss-reactive ketones (excluding diaryl/α,β-unsaturated/α-hetero) is 1. The molecule has 35 heavy (non-hydrogen) atoms. The molecule has 1 N–H and O–H groups in total. The first-order valence-corrected chi connectivity index (χ1v) is 11.1. The number of benzene rings is 3. The average molecular weight is 480 g/mol. The van der Waals surface area contributed by atoms with Gasteiger partial charge in [-0.15, -0.1) is 0 Å². The average Bonchev–Trinajstić information content (AvgIpc) is 3.12. The van der Waals surface area contributed by atoms with Crippen molar-refractivity contribution in [3.63, 3.8) is 0 Å². The number of hydrogen-bond donors (Lipinski definition) is 1. The fourth-order valence-corrected chi connectivity index (χ4v) is 4.27. The van der Waals surface area contributed by atoms with E-state index in [9.17, 15) is 27.9 Å². The first kappa shape index (κ1) is 24.1. The van der Waals surface area contributed by atoms with Gasteiger partial charge >= 0.3 is 0 Å². The predicted molar refractivity (Wildman–Crippen MR) is 128 cm³/mol. The zero-order valence-electron chi connectivity index (χ0n) is 19.1. The molecule has 1 aliphatic heterocycles. The number of aliphatic hydroxyl groups is 1. The lowest BCUT2D eigenvalue weighted by Crippen LogP contribution is -2.29. The molecule has 0 radical (unpaired) electrons. The highest BCUT2D eigenvalue weighted by Crippen LogP contribution is 2.42. The molecule has 1 atom stereocenters. The smallest absolute Gasteiger partial charge is 0.300 e. The van der Waals surface area contributed by atoms with E-state index >= 15 is 0 Å². The predicted octanol–water partition coefficient (Wildman–Crippen LogP) is 5.58. The van der Waals surface area contributed by atoms with Crippen LogP contribution in [0.1, 0.15) is 31.0 Å². The lowest BCUT2D eigenvalue weighted by Gasteiger charge is -2.27. The van der Waals surface area contributed by atoms with Crippen LogP contribution in [0.15, 0.2) is 72.3 Å². The molecule has 0 saturated carbocycles. The van der Waals surface area contributed by atoms with Crippen LogP contribution in [0.5, 0.6) is 0 Å². The van der Waals surface area contributed by atoms with Gasteiger partial charge < -0.3 is 10.0 Å². The van der Waals surface area contributed by atoms with Crippen molar-refractivity contribution in [3.8, 4) is 0 Å². The third-order valence-corrected chi connectivity index (χ3v) is 6.08. The maximum atomic E-state index is 14.1. The molecule has 1 unspecified atom stereocenters. The van der Waals surface area contributed by atoms with E-state index in [1.165, 1.54) is 18.2 Å². The van der Waals surface area contributed by atoms with E-state index in [2.05, 4.69) is 4.90 Å². The molecule has 1 amide bonds. The molecular weight excluding hydrogens is 457 g/mol. The zero-order chi connectivity index (χ0) is 25.3. The summed E-state index contributed by atoms with van der Waals surface area (Å²) in [4.78, 5) is 29.4. The normalized spacial score (nSPS) is 17.2. The van der Waals surface area contributed by atoms with E-state index in [0.29, 0.717) is 5.56 Å². The van der Waals surface area contributed by atoms with E-state index in [1.807, 2.05) is 26.0 Å². The fraction of sp³-hybridized carbons (Fsp3) is 0.185. The van der Waals surface area contributed by atoms with E-state index < -0.39 is 40.9 Å². The third kappa shape index (κ3) is 4.39. The summed E-state index contributed by atoms with van der Waals surface area (Å²) in [5.74, 6) is -5.30. The Bertz CT molecular complexity index is 1300. The Balaban J connectivity index is 1.90. The van der Waals surface area contributed by atoms with Crippen molar-refractivity contribution >= 4 is 28.8 Å². The fourth-order valence-electron chi connectivity index (χ4n) is 4.27. The van der Waals surface area contributed by atoms with Crippen LogP contribution in [0.3, 0.4) is 0 Å². The maximum Gasteiger partial charge on any atom is 0.300 e. The molecule has 0 spiro atoms. The number of hydrogen-bond acceptors (Lipinski definition) is 4. The second-order valence-electron chi connectivity index (χ2n) is 8.04. The number of nitrogens with zero attached hydrogens (tertiary/aromatic N) is 2. The van der Waals surface area contributed by atoms with Crippen molar-refractivity contribution < 1.29 is 27.9 Å². The molecule has 1 saturated heterocycles. The van der Waals surface area contributed by atoms with Crippen LogP contribution in [0.4, 0.5) is 24.5 Å². The van der Waals surface area contributed by atoms with Gasteiger partial charge in [0.05, 0.1) is 11.6 Å². The van der Waals surface area contributed by atoms with E-state index in [-0.39, 0.29) is 16.8 Å². The van der Waals surface area contributed by atoms with Crippen LogP contribution < -0.4 is 9.80 Å². The Morgan fingerprint density at radius 3 is 2.09 bits per heavy atom. The van der Waals surface area contributed by atoms with Crippen molar-refractivity contribution in [2.75, 3.05) is 22.9 Å². The second kappa shape index (κ2) is 9.66. The molecule has 0 aromatic heterocycles. The van der Waals surface area contributed by atoms with Gasteiger partial charge in [-0.1, -0.05) is 12.1 Å². The number of halogens is 3. The first-order chi connectivity index (χ1) is 16.8. The topological polar surface area (TPSA) is 60.9 Å². The van der Waals surface area contributed by atoms with Crippen LogP contribution in [0.25, 0.3) is 5.76 Å². The molecule has 8 heteroatoms. The number of aliphatic hydroxyl groups excluding tert-OH is 1. The highest BCUT2D eigenvalue weighted by atomic mass is 19.2. The molecule has 0 bridgehead atoms. The van der Waals surface area contributed by atoms with Crippen LogP contribution in [0, 0.1) is 17.5 Å². The van der Waals surface area contributed by atoms with Gasteiger partial charge in [0.1, 0.15) is 11.6 Å². The highest BCUT2D eigenvalue weighted by molar-refractivity contribution is 6.51. The standard InChI is InChI=1S/C27H23F3N2O3/c1-3-31(4-2)19-11-7-16(8-12-19)24-23(25(33)17-5-9-18(28)10-6-17)26(34)27(35)32(24)20-13-14-21(29)22(30)15-20/h5-15,24,33H,3-4H2,1-2H3/b25-23+. The number of carbonyl (C=O) groups is 2. The van der Waals surface area contributed by atoms with Gasteiger partial charge in [-0.3, -0.25) is 14.5 Å². The largest absolute Gasteiger partial charge is 0.507 e. The number of amides is 1. The van der Waals surface area contributed by atoms with Crippen molar-refractivity contribution in [1.82, 2.24) is 0 Å². The van der Waals surface area contributed by atoms with Gasteiger partial charge in [-0.05, 0) is 67.9 Å². The summed E-state index contributed by atoms with van der Waals surface area (Å²) in [6, 6.07) is 13.7. The Hall–Kier alpha value is -4.07. The number of ketones is 1. The number of carbonyl (C=O) groups excluding carboxylic acids is 2. The van der Waals surface area contributed by atoms with Gasteiger partial charge in [0, 0.05) is 36.1 Å². The Morgan fingerprint density at radius 1 is 0.886 bits per heavy atom. The highest BCUT2D eigenvalue weighted by Gasteiger charge is 2.47. The SMILES string of the molecule is CCN(CC)c1ccc(C2/C(=C(\O)c3ccc(F)cc3)C(=O)C(=O)N2c2ccc(F)c(F)c2)cc1. The van der Waals surface area contributed by atoms with Crippen LogP contribution in [-0.4, -0.2) is 29.9 Å². The summed E-state index contributed by atoms with van der Waals surface area (Å²) in [6.45, 7) is 5.57. The van der Waals surface area contributed by atoms with Crippen molar-refractivity contribution in [2.24, 2.45) is 0 Å². The van der Waals surface area contributed by atoms with Crippen LogP contribution in [-0.2, 0) is 9.59 Å². The number of rotatable bonds is 6. The zero-order valence-corrected chi connectivity index (χ0v) is 19.1. The molecule has 3 aromatic carbocycles. The van der Waals surface area contributed by atoms with Crippen molar-refractivity contribution in [2.45, 2.75) is 19.9 Å². The summed E-state index contributed by atoms with van der Waals surface area (Å²) in [7, 11) is 0. The molecule has 0 aliphatic carbocycles. The Morgan fingerprint density at radius 2 is 1.51 bits per heavy atom. The molecular formula is C27H23F3N2O3. The molecule has 1 aliphatic rings. The molecule has 3 aromatic rings. The van der Waals surface area contributed by atoms with Gasteiger partial charge in [0.25, 0.3) is 11.7 Å². The minimum absolute atomic E-state index is 0.0398. The lowest BCUT2D eigenvalue weighted by molar-refractivity contribution is -0.132. The van der Waals surface area contributed by atoms with E-state index in [1.54, 1.807) is 12.1 Å². The van der Waals surface area contributed by atoms with E-state index in [0.717, 1.165) is 47.9 Å². The molecule has 1 heterocycles. The molecule has 1 fully saturated rings. The Labute approximate surface area is 200 Å². The monoisotopic (exact) mass is 480 g/mol. The summed E-state index contributed by atoms with van der Waals surface area (Å²) in [6.07, 6.45) is 0. The summed E-state index contributed by atoms with van der Waals surface area (Å²) in [5, 5.41) is 11.0. The second-order valence-corrected chi connectivity index (χ2v) is 8.04. The van der Waals surface area contributed by atoms with E-state index in [4.69, 9.17) is 0 Å². The lowest BCUT2D eigenvalue weighted by atomic mass is 9.95. The quantitative estimate of drug-likeness (QED) is 0.284. The molecule has 180 valence electrons. The Kier molecular flexibility index (Phi) is 6.64. The van der Waals surface area contributed by atoms with Crippen LogP contribution in [0.2, 0.25) is 0 Å². The van der Waals surface area contributed by atoms with Gasteiger partial charge in [-0.2, -0.15) is 0 Å². The minimum atomic E-state index is -1.18. The summed E-state index contributed by atoms with van der Waals surface area (Å²) in [5.41, 5.74) is 1.26. The molecule has 4 rings (SSSR count). The van der Waals surface area contributed by atoms with Gasteiger partial charge in [0.2, 0.25) is 0 Å². The van der Waals surface area contributed by atoms with Crippen molar-refractivity contribution in [3.05, 3.63) is 101 Å². The summed E-state index contributed by atoms with van der Waals surface area (Å²) < 4.78 is 41.1. The van der Waals surface area contributed by atoms with Crippen LogP contribution >= 0.6 is 0 Å². The van der Waals surface area contributed by atoms with Gasteiger partial charge in [-0.25, -0.2) is 13.2 Å². The number of anilines is 2. The molecule has 5 nitrogen and oxygen atoms in total. The maximum absolute atomic E-state index is 14.1. The summed E-state index contributed by atoms with van der Waals surface area (Å²) >= 11 is 0.